The first-order valence-electron chi connectivity index (χ1n) is 11.1. The van der Waals surface area contributed by atoms with Crippen LogP contribution in [0, 0.1) is 0 Å². The van der Waals surface area contributed by atoms with Crippen molar-refractivity contribution in [2.75, 3.05) is 61.1 Å². The maximum atomic E-state index is 12.9. The lowest BCUT2D eigenvalue weighted by atomic mass is 10.0. The third-order valence-electron chi connectivity index (χ3n) is 5.94. The van der Waals surface area contributed by atoms with Gasteiger partial charge in [0.15, 0.2) is 11.5 Å². The first-order valence-corrected chi connectivity index (χ1v) is 11.1. The summed E-state index contributed by atoms with van der Waals surface area (Å²) < 4.78 is 16.2. The Labute approximate surface area is 191 Å². The molecule has 0 bridgehead atoms. The Balaban J connectivity index is 1.65. The molecule has 0 aromatic heterocycles. The van der Waals surface area contributed by atoms with Crippen molar-refractivity contribution in [3.05, 3.63) is 53.6 Å². The van der Waals surface area contributed by atoms with Crippen LogP contribution in [0.4, 0.5) is 0 Å². The van der Waals surface area contributed by atoms with Crippen molar-refractivity contribution < 1.29 is 19.0 Å². The molecule has 174 valence electrons. The van der Waals surface area contributed by atoms with Gasteiger partial charge in [0, 0.05) is 39.1 Å². The Morgan fingerprint density at radius 3 is 2.16 bits per heavy atom. The molecule has 1 unspecified atom stereocenters. The van der Waals surface area contributed by atoms with E-state index in [1.165, 1.54) is 0 Å². The van der Waals surface area contributed by atoms with Crippen molar-refractivity contribution >= 4 is 5.91 Å². The van der Waals surface area contributed by atoms with Crippen LogP contribution in [0.1, 0.15) is 23.6 Å². The van der Waals surface area contributed by atoms with Gasteiger partial charge in [0.25, 0.3) is 0 Å². The number of rotatable bonds is 10. The van der Waals surface area contributed by atoms with Crippen LogP contribution in [0.25, 0.3) is 0 Å². The lowest BCUT2D eigenvalue weighted by Crippen LogP contribution is -2.47. The fraction of sp³-hybridized carbons (Fsp3) is 0.480. The molecule has 0 radical (unpaired) electrons. The number of ether oxygens (including phenoxy) is 3. The summed E-state index contributed by atoms with van der Waals surface area (Å²) >= 11 is 0. The number of carbonyl (C=O) groups excluding carboxylic acids is 1. The minimum atomic E-state index is -0.0351. The number of hydrogen-bond donors (Lipinski definition) is 1. The first kappa shape index (κ1) is 23.9. The molecule has 1 atom stereocenters. The van der Waals surface area contributed by atoms with Gasteiger partial charge >= 0.3 is 0 Å². The molecule has 2 aromatic rings. The minimum absolute atomic E-state index is 0.0294. The van der Waals surface area contributed by atoms with E-state index in [-0.39, 0.29) is 11.9 Å². The monoisotopic (exact) mass is 441 g/mol. The number of methoxy groups -OCH3 is 3. The second kappa shape index (κ2) is 11.7. The molecule has 1 N–H and O–H groups in total. The maximum absolute atomic E-state index is 12.9. The van der Waals surface area contributed by atoms with Crippen LogP contribution in [0.2, 0.25) is 0 Å². The molecule has 0 spiro atoms. The predicted octanol–water partition coefficient (Wildman–Crippen LogP) is 2.75. The lowest BCUT2D eigenvalue weighted by Gasteiger charge is -2.35. The molecule has 1 fully saturated rings. The Hall–Kier alpha value is -2.77. The average molecular weight is 442 g/mol. The zero-order chi connectivity index (χ0) is 22.9. The number of nitrogens with one attached hydrogen (secondary N) is 1. The van der Waals surface area contributed by atoms with Crippen molar-refractivity contribution in [2.45, 2.75) is 18.9 Å². The van der Waals surface area contributed by atoms with Gasteiger partial charge in [-0.3, -0.25) is 9.69 Å². The molecule has 32 heavy (non-hydrogen) atoms. The van der Waals surface area contributed by atoms with Crippen molar-refractivity contribution in [3.63, 3.8) is 0 Å². The highest BCUT2D eigenvalue weighted by Gasteiger charge is 2.21. The number of piperazine rings is 1. The zero-order valence-electron chi connectivity index (χ0n) is 19.6. The van der Waals surface area contributed by atoms with E-state index in [1.807, 2.05) is 30.3 Å². The third kappa shape index (κ3) is 6.37. The molecule has 7 heteroatoms. The highest BCUT2D eigenvalue weighted by molar-refractivity contribution is 5.76. The summed E-state index contributed by atoms with van der Waals surface area (Å²) in [6, 6.07) is 14.0. The van der Waals surface area contributed by atoms with E-state index >= 15 is 0 Å². The standard InChI is InChI=1S/C25H35N3O4/c1-27-12-14-28(15-13-27)18-21(20-8-6-5-7-9-20)26-24(29)11-10-19-16-22(30-2)25(32-4)23(17-19)31-3/h5-9,16-17,21H,10-15,18H2,1-4H3,(H,26,29). The molecular weight excluding hydrogens is 406 g/mol. The number of aryl methyl sites for hydroxylation is 1. The van der Waals surface area contributed by atoms with Crippen LogP contribution in [-0.2, 0) is 11.2 Å². The topological polar surface area (TPSA) is 63.3 Å². The van der Waals surface area contributed by atoms with Crippen LogP contribution >= 0.6 is 0 Å². The quantitative estimate of drug-likeness (QED) is 0.612. The molecule has 3 rings (SSSR count). The van der Waals surface area contributed by atoms with Gasteiger partial charge in [-0.2, -0.15) is 0 Å². The van der Waals surface area contributed by atoms with Crippen LogP contribution in [0.3, 0.4) is 0 Å². The van der Waals surface area contributed by atoms with E-state index in [0.717, 1.165) is 43.9 Å². The van der Waals surface area contributed by atoms with Gasteiger partial charge in [0.2, 0.25) is 11.7 Å². The Bertz CT molecular complexity index is 842. The molecule has 1 aliphatic rings. The van der Waals surface area contributed by atoms with Crippen LogP contribution in [0.5, 0.6) is 17.2 Å². The predicted molar refractivity (Wildman–Crippen MR) is 126 cm³/mol. The Morgan fingerprint density at radius 2 is 1.59 bits per heavy atom. The molecule has 1 saturated heterocycles. The molecule has 7 nitrogen and oxygen atoms in total. The van der Waals surface area contributed by atoms with Crippen LogP contribution in [-0.4, -0.2) is 76.8 Å². The van der Waals surface area contributed by atoms with Crippen molar-refractivity contribution in [3.8, 4) is 17.2 Å². The van der Waals surface area contributed by atoms with E-state index in [9.17, 15) is 4.79 Å². The Kier molecular flexibility index (Phi) is 8.76. The van der Waals surface area contributed by atoms with Gasteiger partial charge in [0.1, 0.15) is 0 Å². The summed E-state index contributed by atoms with van der Waals surface area (Å²) in [6.45, 7) is 4.95. The van der Waals surface area contributed by atoms with Crippen molar-refractivity contribution in [2.24, 2.45) is 0 Å². The number of hydrogen-bond acceptors (Lipinski definition) is 6. The SMILES string of the molecule is COc1cc(CCC(=O)NC(CN2CCN(C)CC2)c2ccccc2)cc(OC)c1OC. The van der Waals surface area contributed by atoms with Crippen LogP contribution < -0.4 is 19.5 Å². The molecular formula is C25H35N3O4. The average Bonchev–Trinajstić information content (AvgIpc) is 2.83. The number of likely N-dealkylation sites (N-methyl/N-ethyl adjacent to an activating group) is 1. The molecule has 0 aliphatic carbocycles. The number of nitrogens with zero attached hydrogens (tertiary/aromatic N) is 2. The number of carbonyl (C=O) groups is 1. The van der Waals surface area contributed by atoms with Gasteiger partial charge in [-0.05, 0) is 36.7 Å². The van der Waals surface area contributed by atoms with Gasteiger partial charge in [0.05, 0.1) is 27.4 Å². The summed E-state index contributed by atoms with van der Waals surface area (Å²) in [6.07, 6.45) is 0.962. The zero-order valence-corrected chi connectivity index (χ0v) is 19.6. The van der Waals surface area contributed by atoms with Crippen molar-refractivity contribution in [1.82, 2.24) is 15.1 Å². The molecule has 1 heterocycles. The van der Waals surface area contributed by atoms with E-state index in [1.54, 1.807) is 21.3 Å². The second-order valence-electron chi connectivity index (χ2n) is 8.17. The molecule has 0 saturated carbocycles. The number of benzene rings is 2. The fourth-order valence-corrected chi connectivity index (χ4v) is 4.01. The summed E-state index contributed by atoms with van der Waals surface area (Å²) in [7, 11) is 6.92. The maximum Gasteiger partial charge on any atom is 0.220 e. The molecule has 2 aromatic carbocycles. The van der Waals surface area contributed by atoms with Gasteiger partial charge in [-0.15, -0.1) is 0 Å². The normalized spacial score (nSPS) is 15.8. The van der Waals surface area contributed by atoms with E-state index in [2.05, 4.69) is 34.3 Å². The van der Waals surface area contributed by atoms with E-state index < -0.39 is 0 Å². The summed E-state index contributed by atoms with van der Waals surface area (Å²) in [5.74, 6) is 1.78. The van der Waals surface area contributed by atoms with Gasteiger partial charge in [-0.25, -0.2) is 0 Å². The third-order valence-corrected chi connectivity index (χ3v) is 5.94. The first-order chi connectivity index (χ1) is 15.5. The highest BCUT2D eigenvalue weighted by Crippen LogP contribution is 2.38. The van der Waals surface area contributed by atoms with E-state index in [0.29, 0.717) is 30.1 Å². The minimum Gasteiger partial charge on any atom is -0.493 e. The second-order valence-corrected chi connectivity index (χ2v) is 8.17. The van der Waals surface area contributed by atoms with E-state index in [4.69, 9.17) is 14.2 Å². The summed E-state index contributed by atoms with van der Waals surface area (Å²) in [4.78, 5) is 17.7. The summed E-state index contributed by atoms with van der Waals surface area (Å²) in [5, 5.41) is 3.26. The lowest BCUT2D eigenvalue weighted by molar-refractivity contribution is -0.122. The molecule has 1 aliphatic heterocycles. The number of amides is 1. The molecule has 1 amide bonds. The smallest absolute Gasteiger partial charge is 0.220 e. The Morgan fingerprint density at radius 1 is 0.969 bits per heavy atom. The van der Waals surface area contributed by atoms with Crippen molar-refractivity contribution in [1.29, 1.82) is 0 Å². The van der Waals surface area contributed by atoms with Gasteiger partial charge < -0.3 is 24.4 Å². The highest BCUT2D eigenvalue weighted by atomic mass is 16.5. The fourth-order valence-electron chi connectivity index (χ4n) is 4.01. The van der Waals surface area contributed by atoms with Crippen LogP contribution in [0.15, 0.2) is 42.5 Å². The van der Waals surface area contributed by atoms with Gasteiger partial charge in [-0.1, -0.05) is 30.3 Å². The largest absolute Gasteiger partial charge is 0.493 e. The summed E-state index contributed by atoms with van der Waals surface area (Å²) in [5.41, 5.74) is 2.09.